The molecule has 1 fully saturated rings. The van der Waals surface area contributed by atoms with Crippen molar-refractivity contribution in [2.24, 2.45) is 16.5 Å². The molecule has 0 aromatic rings. The molecule has 2 aliphatic rings. The third-order valence-electron chi connectivity index (χ3n) is 3.40. The van der Waals surface area contributed by atoms with Crippen LogP contribution in [-0.2, 0) is 4.74 Å². The number of oxime groups is 1. The second kappa shape index (κ2) is 4.60. The van der Waals surface area contributed by atoms with Crippen LogP contribution in [0.5, 0.6) is 0 Å². The van der Waals surface area contributed by atoms with Gasteiger partial charge >= 0.3 is 0 Å². The maximum atomic E-state index is 8.50. The van der Waals surface area contributed by atoms with Crippen LogP contribution in [0.4, 0.5) is 0 Å². The van der Waals surface area contributed by atoms with Crippen LogP contribution < -0.4 is 0 Å². The Morgan fingerprint density at radius 1 is 1.69 bits per heavy atom. The molecular weight excluding hydrogens is 226 g/mol. The quantitative estimate of drug-likeness (QED) is 0.459. The largest absolute Gasteiger partial charge is 0.411 e. The van der Waals surface area contributed by atoms with E-state index in [9.17, 15) is 0 Å². The molecule has 1 unspecified atom stereocenters. The Hall–Kier alpha value is -0.800. The molecule has 0 aromatic heterocycles. The van der Waals surface area contributed by atoms with E-state index >= 15 is 0 Å². The minimum Gasteiger partial charge on any atom is -0.411 e. The molecule has 4 heteroatoms. The normalized spacial score (nSPS) is 39.2. The van der Waals surface area contributed by atoms with E-state index in [0.717, 1.165) is 17.9 Å². The van der Waals surface area contributed by atoms with Gasteiger partial charge in [0.05, 0.1) is 12.7 Å². The van der Waals surface area contributed by atoms with Crippen LogP contribution in [0.1, 0.15) is 19.8 Å². The summed E-state index contributed by atoms with van der Waals surface area (Å²) >= 11 is 5.91. The van der Waals surface area contributed by atoms with E-state index in [0.29, 0.717) is 6.61 Å². The number of nitrogens with zero attached hydrogens (tertiary/aromatic N) is 1. The summed E-state index contributed by atoms with van der Waals surface area (Å²) in [5.74, 6) is 0.224. The van der Waals surface area contributed by atoms with Crippen LogP contribution in [0, 0.1) is 11.3 Å². The zero-order valence-electron chi connectivity index (χ0n) is 9.27. The summed E-state index contributed by atoms with van der Waals surface area (Å²) in [5, 5.41) is 12.4. The molecule has 0 bridgehead atoms. The summed E-state index contributed by atoms with van der Waals surface area (Å²) in [6.45, 7) is 2.81. The Labute approximate surface area is 100 Å². The second-order valence-electron chi connectivity index (χ2n) is 4.71. The molecule has 0 aromatic carbocycles. The molecule has 1 aliphatic carbocycles. The average Bonchev–Trinajstić information content (AvgIpc) is 2.73. The van der Waals surface area contributed by atoms with E-state index in [4.69, 9.17) is 21.5 Å². The SMILES string of the molecule is CC1([C@H]2C[C@H](/C=N/O)CO2)C=CC(Cl)=CC1. The van der Waals surface area contributed by atoms with Crippen LogP contribution in [-0.4, -0.2) is 24.1 Å². The highest BCUT2D eigenvalue weighted by molar-refractivity contribution is 6.31. The standard InChI is InChI=1S/C12H16ClNO2/c1-12(4-2-10(13)3-5-12)11-6-9(7-14-15)8-16-11/h2-4,7,9,11,15H,5-6,8H2,1H3/b14-7+/t9-,11-,12?/m1/s1. The van der Waals surface area contributed by atoms with Crippen molar-refractivity contribution in [2.45, 2.75) is 25.9 Å². The van der Waals surface area contributed by atoms with Gasteiger partial charge < -0.3 is 9.94 Å². The van der Waals surface area contributed by atoms with Crippen molar-refractivity contribution in [1.29, 1.82) is 0 Å². The van der Waals surface area contributed by atoms with Gasteiger partial charge in [-0.05, 0) is 18.9 Å². The monoisotopic (exact) mass is 241 g/mol. The fourth-order valence-electron chi connectivity index (χ4n) is 2.27. The lowest BCUT2D eigenvalue weighted by molar-refractivity contribution is 0.0347. The summed E-state index contributed by atoms with van der Waals surface area (Å²) in [7, 11) is 0. The van der Waals surface area contributed by atoms with Gasteiger partial charge in [0.2, 0.25) is 0 Å². The van der Waals surface area contributed by atoms with Crippen molar-refractivity contribution in [2.75, 3.05) is 6.61 Å². The highest BCUT2D eigenvalue weighted by Crippen LogP contribution is 2.40. The van der Waals surface area contributed by atoms with Crippen molar-refractivity contribution in [3.05, 3.63) is 23.3 Å². The highest BCUT2D eigenvalue weighted by Gasteiger charge is 2.38. The summed E-state index contributed by atoms with van der Waals surface area (Å²) in [5.41, 5.74) is 0.0104. The van der Waals surface area contributed by atoms with E-state index in [-0.39, 0.29) is 17.4 Å². The van der Waals surface area contributed by atoms with Gasteiger partial charge in [-0.15, -0.1) is 5.16 Å². The highest BCUT2D eigenvalue weighted by atomic mass is 35.5. The number of ether oxygens (including phenoxy) is 1. The average molecular weight is 242 g/mol. The Morgan fingerprint density at radius 2 is 2.50 bits per heavy atom. The molecule has 3 atom stereocenters. The lowest BCUT2D eigenvalue weighted by Gasteiger charge is -2.32. The van der Waals surface area contributed by atoms with E-state index in [2.05, 4.69) is 18.2 Å². The van der Waals surface area contributed by atoms with E-state index < -0.39 is 0 Å². The molecule has 0 amide bonds. The number of halogens is 1. The van der Waals surface area contributed by atoms with Crippen LogP contribution >= 0.6 is 11.6 Å². The van der Waals surface area contributed by atoms with Crippen LogP contribution in [0.3, 0.4) is 0 Å². The molecule has 2 rings (SSSR count). The zero-order valence-corrected chi connectivity index (χ0v) is 10.0. The molecule has 1 N–H and O–H groups in total. The van der Waals surface area contributed by atoms with Crippen LogP contribution in [0.25, 0.3) is 0 Å². The van der Waals surface area contributed by atoms with Crippen molar-refractivity contribution >= 4 is 17.8 Å². The minimum atomic E-state index is 0.0104. The number of hydrogen-bond donors (Lipinski definition) is 1. The van der Waals surface area contributed by atoms with Gasteiger partial charge in [-0.1, -0.05) is 30.7 Å². The van der Waals surface area contributed by atoms with Crippen molar-refractivity contribution < 1.29 is 9.94 Å². The first-order chi connectivity index (χ1) is 7.64. The van der Waals surface area contributed by atoms with Gasteiger partial charge in [0.25, 0.3) is 0 Å². The topological polar surface area (TPSA) is 41.8 Å². The van der Waals surface area contributed by atoms with Gasteiger partial charge in [0.15, 0.2) is 0 Å². The van der Waals surface area contributed by atoms with Gasteiger partial charge in [-0.3, -0.25) is 0 Å². The number of hydrogen-bond acceptors (Lipinski definition) is 3. The van der Waals surface area contributed by atoms with E-state index in [1.54, 1.807) is 6.21 Å². The van der Waals surface area contributed by atoms with Crippen molar-refractivity contribution in [1.82, 2.24) is 0 Å². The molecule has 1 saturated heterocycles. The van der Waals surface area contributed by atoms with Gasteiger partial charge in [-0.2, -0.15) is 0 Å². The first-order valence-electron chi connectivity index (χ1n) is 5.48. The van der Waals surface area contributed by atoms with Crippen molar-refractivity contribution in [3.63, 3.8) is 0 Å². The van der Waals surface area contributed by atoms with Gasteiger partial charge in [-0.25, -0.2) is 0 Å². The summed E-state index contributed by atoms with van der Waals surface area (Å²) in [6, 6.07) is 0. The Bertz CT molecular complexity index is 351. The second-order valence-corrected chi connectivity index (χ2v) is 5.15. The maximum Gasteiger partial charge on any atom is 0.0673 e. The summed E-state index contributed by atoms with van der Waals surface area (Å²) in [4.78, 5) is 0. The van der Waals surface area contributed by atoms with E-state index in [1.165, 1.54) is 0 Å². The predicted octanol–water partition coefficient (Wildman–Crippen LogP) is 2.94. The van der Waals surface area contributed by atoms with Gasteiger partial charge in [0.1, 0.15) is 0 Å². The Kier molecular flexibility index (Phi) is 3.36. The van der Waals surface area contributed by atoms with Gasteiger partial charge in [0, 0.05) is 22.6 Å². The first kappa shape index (κ1) is 11.7. The molecule has 88 valence electrons. The molecule has 1 heterocycles. The maximum absolute atomic E-state index is 8.50. The first-order valence-corrected chi connectivity index (χ1v) is 5.86. The lowest BCUT2D eigenvalue weighted by Crippen LogP contribution is -2.30. The molecule has 3 nitrogen and oxygen atoms in total. The molecule has 0 saturated carbocycles. The molecule has 16 heavy (non-hydrogen) atoms. The number of allylic oxidation sites excluding steroid dienone is 3. The smallest absolute Gasteiger partial charge is 0.0673 e. The van der Waals surface area contributed by atoms with E-state index in [1.807, 2.05) is 12.2 Å². The lowest BCUT2D eigenvalue weighted by atomic mass is 9.76. The molecule has 0 radical (unpaired) electrons. The predicted molar refractivity (Wildman–Crippen MR) is 63.9 cm³/mol. The summed E-state index contributed by atoms with van der Waals surface area (Å²) in [6.07, 6.45) is 9.61. The molecule has 1 aliphatic heterocycles. The Balaban J connectivity index is 2.02. The molecule has 0 spiro atoms. The Morgan fingerprint density at radius 3 is 3.12 bits per heavy atom. The minimum absolute atomic E-state index is 0.0104. The fraction of sp³-hybridized carbons (Fsp3) is 0.583. The van der Waals surface area contributed by atoms with Crippen molar-refractivity contribution in [3.8, 4) is 0 Å². The third-order valence-corrected chi connectivity index (χ3v) is 3.68. The zero-order chi connectivity index (χ0) is 11.6. The summed E-state index contributed by atoms with van der Waals surface area (Å²) < 4.78 is 5.77. The third kappa shape index (κ3) is 2.30. The molecular formula is C12H16ClNO2. The van der Waals surface area contributed by atoms with Crippen LogP contribution in [0.2, 0.25) is 0 Å². The number of rotatable bonds is 2. The fourth-order valence-corrected chi connectivity index (χ4v) is 2.41. The van der Waals surface area contributed by atoms with Crippen LogP contribution in [0.15, 0.2) is 28.4 Å².